The Bertz CT molecular complexity index is 4890. The molecule has 2 N–H and O–H groups in total. The molecule has 0 aliphatic rings. The van der Waals surface area contributed by atoms with Crippen molar-refractivity contribution in [2.45, 2.75) is 74.6 Å². The van der Waals surface area contributed by atoms with Gasteiger partial charge in [0.05, 0.1) is 108 Å². The van der Waals surface area contributed by atoms with E-state index in [4.69, 9.17) is 109 Å². The molecule has 6 heterocycles. The molecule has 690 valence electrons. The van der Waals surface area contributed by atoms with Crippen LogP contribution in [0.3, 0.4) is 0 Å². The van der Waals surface area contributed by atoms with Crippen molar-refractivity contribution in [3.05, 3.63) is 133 Å². The van der Waals surface area contributed by atoms with Gasteiger partial charge in [0.2, 0.25) is 0 Å². The summed E-state index contributed by atoms with van der Waals surface area (Å²) < 4.78 is 353. The minimum Gasteiger partial charge on any atom is -0.741 e. The summed E-state index contributed by atoms with van der Waals surface area (Å²) in [4.78, 5) is 39.4. The SMILES string of the molecule is CC#N.CC#N.CC#N.CC#N.CC#N.CC#N.CN(/N=C/c1cccc(/C=N/N(C)c2cncc(N(C)/N=C/c3cc(/C=N/N(C)c4cc(N(C)/N=C/c5ccccn5)ncn4)ncn3)n2)n1)c1ccccn1.O.O=S(=O)([O-])C(F)(F)F.O=S(=O)([O-])C(F)(F)F.O=S(=O)([O-])C(F)(F)F.O=S(=O)([O-])C(F)(F)F.O=S(=O)([O-])C(F)(F)F.O=S(=O)([O-])C(F)(F)F.[Pb+2].[Pb+2].[Pb+2]. The van der Waals surface area contributed by atoms with Crippen molar-refractivity contribution >= 4 is 203 Å². The van der Waals surface area contributed by atoms with Crippen LogP contribution < -0.4 is 25.0 Å². The van der Waals surface area contributed by atoms with Gasteiger partial charge in [-0.2, -0.15) is 136 Å². The first-order valence-corrected chi connectivity index (χ1v) is 37.4. The Morgan fingerprint density at radius 1 is 0.310 bits per heavy atom. The van der Waals surface area contributed by atoms with Crippen LogP contribution in [-0.4, -0.2) is 309 Å². The van der Waals surface area contributed by atoms with E-state index in [-0.39, 0.29) is 87.4 Å². The first-order valence-electron chi connectivity index (χ1n) is 28.9. The number of aromatic nitrogens is 9. The third-order valence-electron chi connectivity index (χ3n) is 9.26. The largest absolute Gasteiger partial charge is 2.00 e. The van der Waals surface area contributed by atoms with Gasteiger partial charge >= 0.3 is 115 Å². The topological polar surface area (TPSA) is 711 Å². The number of hydrogen-bond acceptors (Lipinski definition) is 43. The van der Waals surface area contributed by atoms with Crippen molar-refractivity contribution in [2.75, 3.05) is 60.3 Å². The maximum Gasteiger partial charge on any atom is 2.00 e. The second kappa shape index (κ2) is 67.2. The molecule has 6 radical (unpaired) electrons. The summed E-state index contributed by atoms with van der Waals surface area (Å²) in [6.07, 6.45) is 17.6. The number of anilines is 5. The van der Waals surface area contributed by atoms with Crippen LogP contribution in [0.2, 0.25) is 0 Å². The van der Waals surface area contributed by atoms with E-state index in [0.29, 0.717) is 46.0 Å². The summed E-state index contributed by atoms with van der Waals surface area (Å²) in [5.74, 6) is 2.85. The Balaban J connectivity index is -0.000000169. The van der Waals surface area contributed by atoms with Gasteiger partial charge in [0.15, 0.2) is 84.0 Å². The van der Waals surface area contributed by atoms with Crippen molar-refractivity contribution in [3.63, 3.8) is 0 Å². The molecule has 0 fully saturated rings. The minimum absolute atomic E-state index is 0. The van der Waals surface area contributed by atoms with Gasteiger partial charge in [-0.3, -0.25) is 25.0 Å². The van der Waals surface area contributed by atoms with E-state index in [2.05, 4.69) is 70.4 Å². The van der Waals surface area contributed by atoms with Crippen LogP contribution in [0.15, 0.2) is 130 Å². The summed E-state index contributed by atoms with van der Waals surface area (Å²) in [6, 6.07) is 30.8. The summed E-state index contributed by atoms with van der Waals surface area (Å²) in [5, 5.41) is 74.3. The molecule has 0 aromatic carbocycles. The van der Waals surface area contributed by atoms with Gasteiger partial charge in [0.25, 0.3) is 0 Å². The van der Waals surface area contributed by atoms with Gasteiger partial charge in [0, 0.05) is 95.2 Å². The van der Waals surface area contributed by atoms with Crippen LogP contribution in [0.4, 0.5) is 108 Å². The van der Waals surface area contributed by atoms with E-state index in [1.54, 1.807) is 158 Å². The second-order valence-electron chi connectivity index (χ2n) is 18.3. The standard InChI is InChI=1S/C37H37N19.6C2H3N.6CHF3O3S.H2O.3Pb/c1-52(33-14-7-9-16-40-33)46-20-29-12-10-13-30(50-29)21-47-55(4)36-24-38-25-37(51-36)56(5)49-23-32-17-31(41-26-42-32)22-48-54(3)35-18-34(43-27-44-35)53(2)45-19-28-11-6-8-15-39-28;6*1-2-3;6*2-1(3,4)8(5,6)7;;;;/h6-27H,1-5H3;6*1H3;6*(H,5,6,7);1H2;;;/q;;;;;;;;;;;;;;3*+2/p-6/b45-19+,46-20+,47-21+,48-22+,49-23+;;;;;;;;;;;;;;;;. The van der Waals surface area contributed by atoms with E-state index in [1.165, 1.54) is 54.2 Å². The third kappa shape index (κ3) is 69.2. The third-order valence-corrected chi connectivity index (χ3v) is 12.7. The molecule has 0 unspecified atom stereocenters. The molecular formula is C55H57F18N25O19Pb3S6. The van der Waals surface area contributed by atoms with Crippen LogP contribution >= 0.6 is 0 Å². The first kappa shape index (κ1) is 139. The van der Waals surface area contributed by atoms with E-state index in [0.717, 1.165) is 11.5 Å². The maximum atomic E-state index is 10.7. The smallest absolute Gasteiger partial charge is 0.741 e. The Labute approximate surface area is 765 Å². The summed E-state index contributed by atoms with van der Waals surface area (Å²) >= 11 is 0. The molecule has 0 amide bonds. The van der Waals surface area contributed by atoms with Crippen molar-refractivity contribution in [3.8, 4) is 36.4 Å². The number of hydrazone groups is 5. The number of halogens is 18. The Hall–Kier alpha value is -10.1. The fourth-order valence-corrected chi connectivity index (χ4v) is 4.51. The number of pyridine rings is 3. The Morgan fingerprint density at radius 2 is 0.524 bits per heavy atom. The average Bonchev–Trinajstić information content (AvgIpc) is 0.846. The molecule has 0 aliphatic carbocycles. The number of rotatable bonds is 15. The molecule has 0 saturated carbocycles. The normalized spacial score (nSPS) is 10.9. The quantitative estimate of drug-likeness (QED) is 0.0322. The van der Waals surface area contributed by atoms with Gasteiger partial charge in [-0.25, -0.2) is 95.4 Å². The molecule has 0 aliphatic heterocycles. The molecule has 6 aromatic rings. The minimum atomic E-state index is -6.09. The zero-order chi connectivity index (χ0) is 97.4. The van der Waals surface area contributed by atoms with Gasteiger partial charge in [-0.15, -0.1) is 0 Å². The van der Waals surface area contributed by atoms with Crippen LogP contribution in [0.1, 0.15) is 70.0 Å². The van der Waals surface area contributed by atoms with Crippen LogP contribution in [0, 0.1) is 68.0 Å². The molecule has 6 rings (SSSR count). The summed E-state index contributed by atoms with van der Waals surface area (Å²) in [5.41, 5.74) is -30.7. The van der Waals surface area contributed by atoms with Crippen LogP contribution in [0.25, 0.3) is 0 Å². The molecule has 6 aromatic heterocycles. The number of nitriles is 6. The summed E-state index contributed by atoms with van der Waals surface area (Å²) in [6.45, 7) is 8.58. The van der Waals surface area contributed by atoms with Crippen molar-refractivity contribution in [1.29, 1.82) is 31.6 Å². The van der Waals surface area contributed by atoms with Crippen LogP contribution in [0.5, 0.6) is 0 Å². The number of alkyl halides is 18. The zero-order valence-electron chi connectivity index (χ0n) is 64.5. The van der Waals surface area contributed by atoms with E-state index < -0.39 is 93.8 Å². The molecule has 0 atom stereocenters. The molecule has 0 spiro atoms. The van der Waals surface area contributed by atoms with E-state index in [1.807, 2.05) is 61.6 Å². The molecule has 44 nitrogen and oxygen atoms in total. The zero-order valence-corrected chi connectivity index (χ0v) is 81.0. The van der Waals surface area contributed by atoms with Crippen molar-refractivity contribution in [2.24, 2.45) is 25.5 Å². The van der Waals surface area contributed by atoms with Crippen molar-refractivity contribution < 1.29 is 162 Å². The molecule has 71 heteroatoms. The number of hydrogen-bond donors (Lipinski definition) is 0. The Morgan fingerprint density at radius 3 is 0.762 bits per heavy atom. The monoisotopic (exact) mass is 2530 g/mol. The first-order chi connectivity index (χ1) is 55.3. The fraction of sp³-hybridized carbons (Fsp3) is 0.309. The Kier molecular flexibility index (Phi) is 74.2. The summed E-state index contributed by atoms with van der Waals surface area (Å²) in [7, 11) is -27.6. The van der Waals surface area contributed by atoms with E-state index >= 15 is 0 Å². The van der Waals surface area contributed by atoms with Gasteiger partial charge in [0.1, 0.15) is 18.5 Å². The molecule has 126 heavy (non-hydrogen) atoms. The van der Waals surface area contributed by atoms with E-state index in [9.17, 15) is 79.0 Å². The number of nitrogens with zero attached hydrogens (tertiary/aromatic N) is 25. The van der Waals surface area contributed by atoms with Crippen molar-refractivity contribution in [1.82, 2.24) is 44.9 Å². The van der Waals surface area contributed by atoms with Gasteiger partial charge in [-0.05, 0) is 42.5 Å². The second-order valence-corrected chi connectivity index (χ2v) is 26.6. The van der Waals surface area contributed by atoms with Gasteiger partial charge in [-0.1, -0.05) is 18.2 Å². The molecular weight excluding hydrogens is 2470 g/mol. The molecule has 0 saturated heterocycles. The average molecular weight is 2530 g/mol. The van der Waals surface area contributed by atoms with Crippen LogP contribution in [-0.2, 0) is 60.7 Å². The predicted molar refractivity (Wildman–Crippen MR) is 402 cm³/mol. The maximum absolute atomic E-state index is 10.7. The fourth-order valence-electron chi connectivity index (χ4n) is 4.51. The predicted octanol–water partition coefficient (Wildman–Crippen LogP) is 5.11. The molecule has 0 bridgehead atoms. The van der Waals surface area contributed by atoms with Gasteiger partial charge < -0.3 is 32.8 Å².